The highest BCUT2D eigenvalue weighted by Crippen LogP contribution is 2.39. The lowest BCUT2D eigenvalue weighted by molar-refractivity contribution is -0.142. The Bertz CT molecular complexity index is 629. The molecular weight excluding hydrogens is 361 g/mol. The van der Waals surface area contributed by atoms with Gasteiger partial charge in [0.05, 0.1) is 5.92 Å². The summed E-state index contributed by atoms with van der Waals surface area (Å²) in [6.07, 6.45) is 3.75. The number of aliphatic carboxylic acids is 1. The third kappa shape index (κ3) is 4.57. The van der Waals surface area contributed by atoms with E-state index in [2.05, 4.69) is 0 Å². The van der Waals surface area contributed by atoms with E-state index in [9.17, 15) is 18.3 Å². The predicted molar refractivity (Wildman–Crippen MR) is 95.2 cm³/mol. The van der Waals surface area contributed by atoms with E-state index in [1.54, 1.807) is 0 Å². The second kappa shape index (κ2) is 7.73. The number of nitrogens with zero attached hydrogens (tertiary/aromatic N) is 2. The van der Waals surface area contributed by atoms with E-state index >= 15 is 0 Å². The Morgan fingerprint density at radius 2 is 1.92 bits per heavy atom. The zero-order valence-electron chi connectivity index (χ0n) is 14.8. The van der Waals surface area contributed by atoms with E-state index in [0.29, 0.717) is 31.7 Å². The largest absolute Gasteiger partial charge is 0.481 e. The minimum atomic E-state index is -3.74. The smallest absolute Gasteiger partial charge is 0.451 e. The first-order valence-corrected chi connectivity index (χ1v) is 10.7. The topological polar surface area (TPSA) is 144 Å². The molecule has 0 aromatic carbocycles. The fourth-order valence-corrected chi connectivity index (χ4v) is 5.80. The second-order valence-electron chi connectivity index (χ2n) is 7.92. The lowest BCUT2D eigenvalue weighted by Crippen LogP contribution is -2.46. The quantitative estimate of drug-likeness (QED) is 0.348. The van der Waals surface area contributed by atoms with Crippen molar-refractivity contribution in [2.24, 2.45) is 23.5 Å². The van der Waals surface area contributed by atoms with Gasteiger partial charge in [0, 0.05) is 31.7 Å². The summed E-state index contributed by atoms with van der Waals surface area (Å²) in [5.74, 6) is -1.71. The number of hydrogen-bond donors (Lipinski definition) is 4. The Kier molecular flexibility index (Phi) is 5.95. The van der Waals surface area contributed by atoms with Crippen LogP contribution in [0, 0.1) is 17.8 Å². The second-order valence-corrected chi connectivity index (χ2v) is 9.80. The highest BCUT2D eigenvalue weighted by Gasteiger charge is 2.51. The first kappa shape index (κ1) is 20.0. The monoisotopic (exact) mass is 389 g/mol. The van der Waals surface area contributed by atoms with Crippen molar-refractivity contribution in [2.45, 2.75) is 50.5 Å². The molecule has 4 atom stereocenters. The molecule has 5 N–H and O–H groups in total. The molecule has 0 amide bonds. The molecule has 0 bridgehead atoms. The molecule has 3 rings (SSSR count). The van der Waals surface area contributed by atoms with Gasteiger partial charge in [-0.25, -0.2) is 0 Å². The van der Waals surface area contributed by atoms with E-state index in [1.807, 2.05) is 0 Å². The maximum Gasteiger partial charge on any atom is 0.451 e. The maximum atomic E-state index is 13.1. The lowest BCUT2D eigenvalue weighted by Gasteiger charge is -2.27. The molecule has 2 saturated carbocycles. The van der Waals surface area contributed by atoms with E-state index in [0.717, 1.165) is 12.8 Å². The van der Waals surface area contributed by atoms with Gasteiger partial charge in [-0.05, 0) is 43.8 Å². The number of carboxylic acid groups (broad SMARTS) is 1. The van der Waals surface area contributed by atoms with Crippen LogP contribution in [0.4, 0.5) is 0 Å². The zero-order chi connectivity index (χ0) is 19.1. The van der Waals surface area contributed by atoms with Gasteiger partial charge in [-0.2, -0.15) is 17.0 Å². The molecule has 0 aromatic heterocycles. The van der Waals surface area contributed by atoms with Crippen LogP contribution in [0.2, 0.25) is 6.32 Å². The van der Waals surface area contributed by atoms with Crippen LogP contribution in [0.3, 0.4) is 0 Å². The normalized spacial score (nSPS) is 32.2. The molecule has 3 aliphatic rings. The first-order valence-electron chi connectivity index (χ1n) is 9.31. The summed E-state index contributed by atoms with van der Waals surface area (Å²) in [7, 11) is -5.17. The SMILES string of the molecule is N[C@@H]1C[C@H]1N(CC1CC1)S(=O)(=O)N1CC(CCCB(O)O)C(C(=O)O)C1. The minimum absolute atomic E-state index is 0.0346. The van der Waals surface area contributed by atoms with Crippen LogP contribution in [0.25, 0.3) is 0 Å². The zero-order valence-corrected chi connectivity index (χ0v) is 15.6. The third-order valence-corrected chi connectivity index (χ3v) is 7.66. The lowest BCUT2D eigenvalue weighted by atomic mass is 9.80. The van der Waals surface area contributed by atoms with Crippen molar-refractivity contribution in [3.8, 4) is 0 Å². The van der Waals surface area contributed by atoms with Crippen LogP contribution >= 0.6 is 0 Å². The average Bonchev–Trinajstić information content (AvgIpc) is 3.44. The van der Waals surface area contributed by atoms with E-state index in [4.69, 9.17) is 15.8 Å². The van der Waals surface area contributed by atoms with Crippen molar-refractivity contribution < 1.29 is 28.4 Å². The number of carboxylic acids is 1. The van der Waals surface area contributed by atoms with Gasteiger partial charge in [-0.1, -0.05) is 6.42 Å². The van der Waals surface area contributed by atoms with Gasteiger partial charge in [-0.15, -0.1) is 0 Å². The van der Waals surface area contributed by atoms with Crippen molar-refractivity contribution in [3.05, 3.63) is 0 Å². The van der Waals surface area contributed by atoms with Gasteiger partial charge in [-0.3, -0.25) is 4.79 Å². The van der Waals surface area contributed by atoms with Gasteiger partial charge in [0.1, 0.15) is 0 Å². The third-order valence-electron chi connectivity index (χ3n) is 5.69. The first-order chi connectivity index (χ1) is 12.2. The van der Waals surface area contributed by atoms with E-state index in [-0.39, 0.29) is 37.4 Å². The predicted octanol–water partition coefficient (Wildman–Crippen LogP) is -1.07. The molecule has 0 spiro atoms. The van der Waals surface area contributed by atoms with Gasteiger partial charge in [0.2, 0.25) is 0 Å². The fourth-order valence-electron chi connectivity index (χ4n) is 3.79. The highest BCUT2D eigenvalue weighted by molar-refractivity contribution is 7.86. The van der Waals surface area contributed by atoms with Gasteiger partial charge >= 0.3 is 13.1 Å². The van der Waals surface area contributed by atoms with Crippen molar-refractivity contribution in [3.63, 3.8) is 0 Å². The van der Waals surface area contributed by atoms with Gasteiger partial charge in [0.15, 0.2) is 0 Å². The molecule has 1 heterocycles. The van der Waals surface area contributed by atoms with E-state index < -0.39 is 29.2 Å². The Morgan fingerprint density at radius 1 is 1.27 bits per heavy atom. The van der Waals surface area contributed by atoms with E-state index in [1.165, 1.54) is 8.61 Å². The average molecular weight is 389 g/mol. The summed E-state index contributed by atoms with van der Waals surface area (Å²) in [6, 6.07) is -0.310. The molecule has 148 valence electrons. The van der Waals surface area contributed by atoms with Crippen LogP contribution in [0.1, 0.15) is 32.1 Å². The molecular formula is C15H28BN3O6S. The Morgan fingerprint density at radius 3 is 2.42 bits per heavy atom. The van der Waals surface area contributed by atoms with Crippen molar-refractivity contribution in [2.75, 3.05) is 19.6 Å². The van der Waals surface area contributed by atoms with Crippen LogP contribution in [0.15, 0.2) is 0 Å². The molecule has 11 heteroatoms. The van der Waals surface area contributed by atoms with Crippen molar-refractivity contribution in [1.82, 2.24) is 8.61 Å². The summed E-state index contributed by atoms with van der Waals surface area (Å²) in [6.45, 7) is 0.591. The van der Waals surface area contributed by atoms with Crippen LogP contribution in [-0.2, 0) is 15.0 Å². The van der Waals surface area contributed by atoms with Gasteiger partial charge in [0.25, 0.3) is 10.2 Å². The Labute approximate surface area is 154 Å². The van der Waals surface area contributed by atoms with Crippen LogP contribution in [0.5, 0.6) is 0 Å². The number of nitrogens with two attached hydrogens (primary N) is 1. The Balaban J connectivity index is 1.69. The Hall–Kier alpha value is -0.715. The number of carbonyl (C=O) groups is 1. The molecule has 9 nitrogen and oxygen atoms in total. The molecule has 2 unspecified atom stereocenters. The summed E-state index contributed by atoms with van der Waals surface area (Å²) in [4.78, 5) is 11.6. The number of rotatable bonds is 10. The summed E-state index contributed by atoms with van der Waals surface area (Å²) in [5, 5.41) is 27.4. The molecule has 26 heavy (non-hydrogen) atoms. The van der Waals surface area contributed by atoms with Crippen molar-refractivity contribution in [1.29, 1.82) is 0 Å². The standard InChI is InChI=1S/C15H28BN3O6S/c17-13-6-14(13)19(7-10-3-4-10)26(24,25)18-8-11(2-1-5-16(22)23)12(9-18)15(20)21/h10-14,22-23H,1-9,17H2,(H,20,21)/t11?,12?,13-,14-/m1/s1. The highest BCUT2D eigenvalue weighted by atomic mass is 32.2. The fraction of sp³-hybridized carbons (Fsp3) is 0.933. The van der Waals surface area contributed by atoms with Crippen LogP contribution in [-0.4, -0.2) is 77.0 Å². The molecule has 2 aliphatic carbocycles. The summed E-state index contributed by atoms with van der Waals surface area (Å²) in [5.41, 5.74) is 5.89. The minimum Gasteiger partial charge on any atom is -0.481 e. The van der Waals surface area contributed by atoms with Crippen molar-refractivity contribution >= 4 is 23.3 Å². The summed E-state index contributed by atoms with van der Waals surface area (Å²) >= 11 is 0. The summed E-state index contributed by atoms with van der Waals surface area (Å²) < 4.78 is 29.1. The van der Waals surface area contributed by atoms with Gasteiger partial charge < -0.3 is 20.9 Å². The molecule has 1 saturated heterocycles. The molecule has 1 aliphatic heterocycles. The van der Waals surface area contributed by atoms with Crippen LogP contribution < -0.4 is 5.73 Å². The maximum absolute atomic E-state index is 13.1. The molecule has 3 fully saturated rings. The molecule has 0 radical (unpaired) electrons. The molecule has 0 aromatic rings. The number of hydrogen-bond acceptors (Lipinski definition) is 6.